The number of carbonyl (C=O) groups is 2. The second-order valence-electron chi connectivity index (χ2n) is 10.9. The number of likely N-dealkylation sites (tertiary alicyclic amines) is 1. The van der Waals surface area contributed by atoms with E-state index in [0.717, 1.165) is 5.69 Å². The Hall–Kier alpha value is -3.02. The number of nitrogens with two attached hydrogens (primary N) is 1. The molecule has 0 bridgehead atoms. The van der Waals surface area contributed by atoms with E-state index in [9.17, 15) is 22.8 Å². The van der Waals surface area contributed by atoms with Gasteiger partial charge in [-0.15, -0.1) is 0 Å². The maximum absolute atomic E-state index is 13.9. The molecule has 38 heavy (non-hydrogen) atoms. The van der Waals surface area contributed by atoms with Crippen LogP contribution in [0.3, 0.4) is 0 Å². The summed E-state index contributed by atoms with van der Waals surface area (Å²) in [5, 5.41) is 7.08. The van der Waals surface area contributed by atoms with Crippen LogP contribution in [0.1, 0.15) is 68.1 Å². The highest BCUT2D eigenvalue weighted by molar-refractivity contribution is 5.94. The maximum Gasteiger partial charge on any atom is 0.417 e. The highest BCUT2D eigenvalue weighted by Crippen LogP contribution is 2.62. The van der Waals surface area contributed by atoms with E-state index in [1.165, 1.54) is 6.33 Å². The van der Waals surface area contributed by atoms with Crippen molar-refractivity contribution in [3.8, 4) is 11.4 Å². The molecule has 206 valence electrons. The number of aromatic nitrogens is 4. The molecule has 2 saturated carbocycles. The van der Waals surface area contributed by atoms with Gasteiger partial charge in [0.15, 0.2) is 5.60 Å². The summed E-state index contributed by atoms with van der Waals surface area (Å²) in [7, 11) is 0. The molecular weight excluding hydrogens is 501 g/mol. The predicted molar refractivity (Wildman–Crippen MR) is 131 cm³/mol. The lowest BCUT2D eigenvalue weighted by Gasteiger charge is -2.44. The van der Waals surface area contributed by atoms with Crippen LogP contribution in [0.15, 0.2) is 18.5 Å². The fourth-order valence-electron chi connectivity index (χ4n) is 6.76. The number of rotatable bonds is 6. The number of nitrogens with zero attached hydrogens (tertiary/aromatic N) is 4. The highest BCUT2D eigenvalue weighted by atomic mass is 19.4. The van der Waals surface area contributed by atoms with Gasteiger partial charge in [0.1, 0.15) is 17.7 Å². The highest BCUT2D eigenvalue weighted by Gasteiger charge is 2.66. The average molecular weight is 535 g/mol. The van der Waals surface area contributed by atoms with E-state index < -0.39 is 23.2 Å². The van der Waals surface area contributed by atoms with Crippen LogP contribution >= 0.6 is 0 Å². The van der Waals surface area contributed by atoms with Crippen LogP contribution in [0.2, 0.25) is 0 Å². The standard InChI is InChI=1S/C26H33F3N6O3/c1-3-38-25(26(27,28)29)7-4-16(5-8-25)18-13-24(18)12-17(22(30)36)6-9-35(24)23(37)21-11-20(33-34-21)19-10-15(2)31-14-32-19/h10-11,14,16-18H,3-9,12-13H2,1-2H3,(H2,30,36)(H,33,34). The fourth-order valence-corrected chi connectivity index (χ4v) is 6.76. The Kier molecular flexibility index (Phi) is 6.73. The van der Waals surface area contributed by atoms with Gasteiger partial charge in [0.05, 0.1) is 5.69 Å². The summed E-state index contributed by atoms with van der Waals surface area (Å²) in [6.07, 6.45) is -0.957. The SMILES string of the molecule is CCOC1(C(F)(F)F)CCC(C2CC23CC(C(N)=O)CCN3C(=O)c2cc(-c3cc(C)ncn3)n[nH]2)CC1. The lowest BCUT2D eigenvalue weighted by atomic mass is 9.74. The van der Waals surface area contributed by atoms with Gasteiger partial charge in [-0.2, -0.15) is 18.3 Å². The number of nitrogens with one attached hydrogen (secondary N) is 1. The molecule has 3 heterocycles. The van der Waals surface area contributed by atoms with Gasteiger partial charge < -0.3 is 15.4 Å². The Morgan fingerprint density at radius 2 is 1.89 bits per heavy atom. The summed E-state index contributed by atoms with van der Waals surface area (Å²) >= 11 is 0. The number of piperidine rings is 1. The van der Waals surface area contributed by atoms with Crippen molar-refractivity contribution in [2.24, 2.45) is 23.5 Å². The largest absolute Gasteiger partial charge is 0.417 e. The van der Waals surface area contributed by atoms with E-state index in [2.05, 4.69) is 20.2 Å². The third-order valence-electron chi connectivity index (χ3n) is 8.81. The third-order valence-corrected chi connectivity index (χ3v) is 8.81. The van der Waals surface area contributed by atoms with E-state index in [-0.39, 0.29) is 43.1 Å². The number of primary amides is 1. The second-order valence-corrected chi connectivity index (χ2v) is 10.9. The molecule has 2 aliphatic carbocycles. The average Bonchev–Trinajstić information content (AvgIpc) is 3.33. The van der Waals surface area contributed by atoms with Crippen LogP contribution in [0.5, 0.6) is 0 Å². The van der Waals surface area contributed by atoms with Crippen molar-refractivity contribution in [1.82, 2.24) is 25.1 Å². The number of aromatic amines is 1. The number of carbonyl (C=O) groups excluding carboxylic acids is 2. The molecule has 5 rings (SSSR count). The molecule has 1 aliphatic heterocycles. The van der Waals surface area contributed by atoms with Crippen molar-refractivity contribution in [1.29, 1.82) is 0 Å². The van der Waals surface area contributed by atoms with E-state index in [1.54, 1.807) is 24.0 Å². The minimum absolute atomic E-state index is 0.000860. The van der Waals surface area contributed by atoms with Gasteiger partial charge in [0.25, 0.3) is 5.91 Å². The summed E-state index contributed by atoms with van der Waals surface area (Å²) in [4.78, 5) is 35.9. The second kappa shape index (κ2) is 9.62. The zero-order valence-corrected chi connectivity index (χ0v) is 21.6. The normalized spacial score (nSPS) is 31.4. The molecule has 1 spiro atoms. The molecule has 3 aliphatic rings. The van der Waals surface area contributed by atoms with Crippen LogP contribution in [-0.2, 0) is 9.53 Å². The molecular formula is C26H33F3N6O3. The lowest BCUT2D eigenvalue weighted by Crippen LogP contribution is -2.53. The molecule has 3 fully saturated rings. The number of aryl methyl sites for hydroxylation is 1. The number of amides is 2. The molecule has 0 aromatic carbocycles. The van der Waals surface area contributed by atoms with Crippen LogP contribution < -0.4 is 5.73 Å². The van der Waals surface area contributed by atoms with E-state index in [4.69, 9.17) is 10.5 Å². The third kappa shape index (κ3) is 4.56. The summed E-state index contributed by atoms with van der Waals surface area (Å²) < 4.78 is 46.9. The Balaban J connectivity index is 1.36. The van der Waals surface area contributed by atoms with E-state index >= 15 is 0 Å². The van der Waals surface area contributed by atoms with Gasteiger partial charge in [0, 0.05) is 30.3 Å². The van der Waals surface area contributed by atoms with Crippen LogP contribution in [0.25, 0.3) is 11.4 Å². The first-order valence-corrected chi connectivity index (χ1v) is 13.2. The zero-order valence-electron chi connectivity index (χ0n) is 21.6. The summed E-state index contributed by atoms with van der Waals surface area (Å²) in [6.45, 7) is 3.77. The van der Waals surface area contributed by atoms with E-state index in [1.807, 2.05) is 6.92 Å². The van der Waals surface area contributed by atoms with Gasteiger partial charge >= 0.3 is 6.18 Å². The Labute approximate surface area is 218 Å². The Morgan fingerprint density at radius 3 is 2.53 bits per heavy atom. The zero-order chi connectivity index (χ0) is 27.3. The fraction of sp³-hybridized carbons (Fsp3) is 0.654. The van der Waals surface area contributed by atoms with Crippen LogP contribution in [0, 0.1) is 24.7 Å². The summed E-state index contributed by atoms with van der Waals surface area (Å²) in [5.41, 5.74) is 5.12. The minimum atomic E-state index is -4.43. The monoisotopic (exact) mass is 534 g/mol. The van der Waals surface area contributed by atoms with Crippen molar-refractivity contribution < 1.29 is 27.5 Å². The number of ether oxygens (including phenoxy) is 1. The first-order chi connectivity index (χ1) is 18.0. The molecule has 2 aromatic rings. The van der Waals surface area contributed by atoms with Gasteiger partial charge in [-0.3, -0.25) is 14.7 Å². The van der Waals surface area contributed by atoms with Crippen LogP contribution in [0.4, 0.5) is 13.2 Å². The molecule has 0 radical (unpaired) electrons. The summed E-state index contributed by atoms with van der Waals surface area (Å²) in [5.74, 6) is -0.995. The molecule has 3 unspecified atom stereocenters. The Bertz CT molecular complexity index is 1210. The van der Waals surface area contributed by atoms with Gasteiger partial charge in [0.2, 0.25) is 5.91 Å². The smallest absolute Gasteiger partial charge is 0.369 e. The number of halogens is 3. The van der Waals surface area contributed by atoms with Gasteiger partial charge in [-0.25, -0.2) is 9.97 Å². The molecule has 3 N–H and O–H groups in total. The predicted octanol–water partition coefficient (Wildman–Crippen LogP) is 3.80. The van der Waals surface area contributed by atoms with Gasteiger partial charge in [-0.1, -0.05) is 0 Å². The molecule has 1 saturated heterocycles. The maximum atomic E-state index is 13.9. The first-order valence-electron chi connectivity index (χ1n) is 13.2. The number of H-pyrrole nitrogens is 1. The van der Waals surface area contributed by atoms with Crippen LogP contribution in [-0.4, -0.2) is 67.3 Å². The van der Waals surface area contributed by atoms with Crippen molar-refractivity contribution in [2.75, 3.05) is 13.2 Å². The molecule has 9 nitrogen and oxygen atoms in total. The van der Waals surface area contributed by atoms with Gasteiger partial charge in [-0.05, 0) is 82.8 Å². The van der Waals surface area contributed by atoms with Crippen molar-refractivity contribution in [3.05, 3.63) is 29.8 Å². The van der Waals surface area contributed by atoms with Crippen molar-refractivity contribution in [2.45, 2.75) is 76.1 Å². The topological polar surface area (TPSA) is 127 Å². The number of hydrogen-bond donors (Lipinski definition) is 2. The Morgan fingerprint density at radius 1 is 1.16 bits per heavy atom. The molecule has 12 heteroatoms. The number of alkyl halides is 3. The van der Waals surface area contributed by atoms with Crippen molar-refractivity contribution >= 4 is 11.8 Å². The molecule has 3 atom stereocenters. The van der Waals surface area contributed by atoms with Crippen molar-refractivity contribution in [3.63, 3.8) is 0 Å². The quantitative estimate of drug-likeness (QED) is 0.581. The summed E-state index contributed by atoms with van der Waals surface area (Å²) in [6, 6.07) is 3.42. The molecule has 2 amide bonds. The minimum Gasteiger partial charge on any atom is -0.369 e. The lowest BCUT2D eigenvalue weighted by molar-refractivity contribution is -0.289. The van der Waals surface area contributed by atoms with E-state index in [0.29, 0.717) is 55.7 Å². The molecule has 2 aromatic heterocycles. The number of hydrogen-bond acceptors (Lipinski definition) is 6. The first kappa shape index (κ1) is 26.6.